The van der Waals surface area contributed by atoms with Crippen LogP contribution in [-0.4, -0.2) is 23.2 Å². The number of hydrogen-bond acceptors (Lipinski definition) is 2. The van der Waals surface area contributed by atoms with Crippen LogP contribution in [0, 0.1) is 0 Å². The number of nitrogens with one attached hydrogen (secondary N) is 1. The minimum absolute atomic E-state index is 0.309. The van der Waals surface area contributed by atoms with Crippen molar-refractivity contribution in [2.45, 2.75) is 76.3 Å². The van der Waals surface area contributed by atoms with E-state index in [1.165, 1.54) is 64.2 Å². The molecule has 128 valence electrons. The number of halogens is 1. The molecule has 0 amide bonds. The third-order valence-electron chi connectivity index (χ3n) is 4.77. The molecule has 0 aromatic heterocycles. The van der Waals surface area contributed by atoms with Crippen molar-refractivity contribution in [3.63, 3.8) is 0 Å². The molecule has 2 saturated carbocycles. The number of carboxylic acids is 1. The predicted molar refractivity (Wildman–Crippen MR) is 98.0 cm³/mol. The fourth-order valence-electron chi connectivity index (χ4n) is 3.46. The summed E-state index contributed by atoms with van der Waals surface area (Å²) in [6.07, 6.45) is 14.6. The van der Waals surface area contributed by atoms with Gasteiger partial charge in [-0.05, 0) is 49.9 Å². The number of carbonyl (C=O) groups is 1. The molecule has 23 heavy (non-hydrogen) atoms. The van der Waals surface area contributed by atoms with E-state index in [-0.39, 0.29) is 0 Å². The van der Waals surface area contributed by atoms with Crippen LogP contribution in [0.2, 0.25) is 0 Å². The maximum absolute atomic E-state index is 10.3. The Bertz CT molecular complexity index is 447. The topological polar surface area (TPSA) is 49.3 Å². The molecule has 0 bridgehead atoms. The van der Waals surface area contributed by atoms with E-state index in [1.54, 1.807) is 24.3 Å². The summed E-state index contributed by atoms with van der Waals surface area (Å²) in [5, 5.41) is 12.3. The van der Waals surface area contributed by atoms with Crippen molar-refractivity contribution < 1.29 is 9.90 Å². The highest BCUT2D eigenvalue weighted by atomic mass is 79.9. The Hall–Kier alpha value is -0.870. The molecule has 3 nitrogen and oxygen atoms in total. The zero-order valence-electron chi connectivity index (χ0n) is 13.8. The first-order valence-electron chi connectivity index (χ1n) is 8.90. The van der Waals surface area contributed by atoms with Gasteiger partial charge < -0.3 is 10.4 Å². The molecule has 0 aliphatic heterocycles. The van der Waals surface area contributed by atoms with Crippen molar-refractivity contribution in [1.29, 1.82) is 0 Å². The summed E-state index contributed by atoms with van der Waals surface area (Å²) in [6.45, 7) is 0. The Labute approximate surface area is 148 Å². The molecule has 1 aromatic rings. The minimum atomic E-state index is -0.896. The number of rotatable bonds is 3. The van der Waals surface area contributed by atoms with Gasteiger partial charge >= 0.3 is 5.97 Å². The number of hydrogen-bond donors (Lipinski definition) is 2. The van der Waals surface area contributed by atoms with E-state index in [9.17, 15) is 4.79 Å². The Morgan fingerprint density at radius 3 is 1.70 bits per heavy atom. The lowest BCUT2D eigenvalue weighted by Crippen LogP contribution is -2.40. The molecular formula is C19H28BrNO2. The van der Waals surface area contributed by atoms with Crippen LogP contribution in [0.3, 0.4) is 0 Å². The molecule has 0 saturated heterocycles. The van der Waals surface area contributed by atoms with Gasteiger partial charge in [0, 0.05) is 16.6 Å². The van der Waals surface area contributed by atoms with Gasteiger partial charge in [0.1, 0.15) is 0 Å². The van der Waals surface area contributed by atoms with Gasteiger partial charge in [0.2, 0.25) is 0 Å². The van der Waals surface area contributed by atoms with Crippen LogP contribution in [0.25, 0.3) is 0 Å². The van der Waals surface area contributed by atoms with Crippen molar-refractivity contribution in [2.24, 2.45) is 0 Å². The average molecular weight is 382 g/mol. The molecule has 0 radical (unpaired) electrons. The van der Waals surface area contributed by atoms with Gasteiger partial charge in [-0.2, -0.15) is 0 Å². The van der Waals surface area contributed by atoms with Gasteiger partial charge in [-0.15, -0.1) is 0 Å². The molecule has 1 aromatic carbocycles. The fraction of sp³-hybridized carbons (Fsp3) is 0.632. The van der Waals surface area contributed by atoms with Crippen molar-refractivity contribution in [3.8, 4) is 0 Å². The maximum atomic E-state index is 10.3. The van der Waals surface area contributed by atoms with Gasteiger partial charge in [0.05, 0.1) is 5.56 Å². The normalized spacial score (nSPS) is 19.7. The summed E-state index contributed by atoms with van der Waals surface area (Å²) in [7, 11) is 0. The van der Waals surface area contributed by atoms with E-state index in [1.807, 2.05) is 0 Å². The number of aromatic carboxylic acids is 1. The highest BCUT2D eigenvalue weighted by molar-refractivity contribution is 9.10. The van der Waals surface area contributed by atoms with Gasteiger partial charge in [-0.3, -0.25) is 0 Å². The Balaban J connectivity index is 0.000000174. The summed E-state index contributed by atoms with van der Waals surface area (Å²) in [6, 6.07) is 8.24. The lowest BCUT2D eigenvalue weighted by atomic mass is 9.91. The van der Waals surface area contributed by atoms with Crippen LogP contribution >= 0.6 is 15.9 Å². The first-order valence-corrected chi connectivity index (χ1v) is 9.69. The van der Waals surface area contributed by atoms with Gasteiger partial charge in [-0.1, -0.05) is 54.5 Å². The Kier molecular flexibility index (Phi) is 8.10. The van der Waals surface area contributed by atoms with Gasteiger partial charge in [0.25, 0.3) is 0 Å². The molecule has 2 aliphatic rings. The van der Waals surface area contributed by atoms with E-state index >= 15 is 0 Å². The van der Waals surface area contributed by atoms with E-state index in [0.717, 1.165) is 16.6 Å². The summed E-state index contributed by atoms with van der Waals surface area (Å²) >= 11 is 3.20. The van der Waals surface area contributed by atoms with Crippen LogP contribution in [0.5, 0.6) is 0 Å². The van der Waals surface area contributed by atoms with Gasteiger partial charge in [0.15, 0.2) is 0 Å². The molecule has 0 unspecified atom stereocenters. The second-order valence-electron chi connectivity index (χ2n) is 6.65. The first-order chi connectivity index (χ1) is 11.1. The maximum Gasteiger partial charge on any atom is 0.335 e. The van der Waals surface area contributed by atoms with Crippen LogP contribution in [0.4, 0.5) is 0 Å². The third-order valence-corrected chi connectivity index (χ3v) is 5.30. The minimum Gasteiger partial charge on any atom is -0.478 e. The SMILES string of the molecule is C1CCC(NC2CCCCC2)CC1.O=C(O)c1ccc(Br)cc1. The highest BCUT2D eigenvalue weighted by Crippen LogP contribution is 2.22. The average Bonchev–Trinajstić information content (AvgIpc) is 2.58. The Morgan fingerprint density at radius 2 is 1.30 bits per heavy atom. The molecule has 0 spiro atoms. The van der Waals surface area contributed by atoms with Crippen LogP contribution in [0.1, 0.15) is 74.6 Å². The zero-order chi connectivity index (χ0) is 16.5. The Morgan fingerprint density at radius 1 is 0.870 bits per heavy atom. The molecule has 2 N–H and O–H groups in total. The second kappa shape index (κ2) is 10.1. The van der Waals surface area contributed by atoms with Gasteiger partial charge in [-0.25, -0.2) is 4.79 Å². The summed E-state index contributed by atoms with van der Waals surface area (Å²) in [4.78, 5) is 10.3. The van der Waals surface area contributed by atoms with Crippen LogP contribution in [0.15, 0.2) is 28.7 Å². The number of carboxylic acid groups (broad SMARTS) is 1. The molecule has 4 heteroatoms. The third kappa shape index (κ3) is 7.05. The van der Waals surface area contributed by atoms with Crippen LogP contribution < -0.4 is 5.32 Å². The molecule has 2 fully saturated rings. The summed E-state index contributed by atoms with van der Waals surface area (Å²) < 4.78 is 0.887. The van der Waals surface area contributed by atoms with E-state index in [4.69, 9.17) is 5.11 Å². The molecule has 0 atom stereocenters. The molecule has 2 aliphatic carbocycles. The smallest absolute Gasteiger partial charge is 0.335 e. The molecule has 3 rings (SSSR count). The standard InChI is InChI=1S/C12H23N.C7H5BrO2/c1-3-7-11(8-4-1)13-12-9-5-2-6-10-12;8-6-3-1-5(2-4-6)7(9)10/h11-13H,1-10H2;1-4H,(H,9,10). The predicted octanol–water partition coefficient (Wildman–Crippen LogP) is 5.39. The summed E-state index contributed by atoms with van der Waals surface area (Å²) in [5.41, 5.74) is 0.309. The van der Waals surface area contributed by atoms with Crippen molar-refractivity contribution in [1.82, 2.24) is 5.32 Å². The molecule has 0 heterocycles. The second-order valence-corrected chi connectivity index (χ2v) is 7.56. The first kappa shape index (κ1) is 18.5. The van der Waals surface area contributed by atoms with Crippen molar-refractivity contribution >= 4 is 21.9 Å². The number of benzene rings is 1. The van der Waals surface area contributed by atoms with Crippen LogP contribution in [-0.2, 0) is 0 Å². The van der Waals surface area contributed by atoms with E-state index in [0.29, 0.717) is 5.56 Å². The summed E-state index contributed by atoms with van der Waals surface area (Å²) in [5.74, 6) is -0.896. The zero-order valence-corrected chi connectivity index (χ0v) is 15.4. The fourth-order valence-corrected chi connectivity index (χ4v) is 3.73. The molecular weight excluding hydrogens is 354 g/mol. The van der Waals surface area contributed by atoms with Crippen molar-refractivity contribution in [2.75, 3.05) is 0 Å². The lowest BCUT2D eigenvalue weighted by molar-refractivity contribution is 0.0697. The quantitative estimate of drug-likeness (QED) is 0.737. The van der Waals surface area contributed by atoms with Crippen molar-refractivity contribution in [3.05, 3.63) is 34.3 Å². The van der Waals surface area contributed by atoms with E-state index < -0.39 is 5.97 Å². The largest absolute Gasteiger partial charge is 0.478 e. The van der Waals surface area contributed by atoms with E-state index in [2.05, 4.69) is 21.2 Å². The lowest BCUT2D eigenvalue weighted by Gasteiger charge is -2.30. The highest BCUT2D eigenvalue weighted by Gasteiger charge is 2.19. The monoisotopic (exact) mass is 381 g/mol.